The lowest BCUT2D eigenvalue weighted by Crippen LogP contribution is -2.32. The molecule has 0 atom stereocenters. The molecule has 114 valence electrons. The molecule has 1 heterocycles. The van der Waals surface area contributed by atoms with Gasteiger partial charge in [-0.25, -0.2) is 0 Å². The van der Waals surface area contributed by atoms with Crippen LogP contribution in [0.5, 0.6) is 0 Å². The van der Waals surface area contributed by atoms with Crippen molar-refractivity contribution in [3.05, 3.63) is 29.8 Å². The highest BCUT2D eigenvalue weighted by atomic mass is 16.2. The maximum absolute atomic E-state index is 11.8. The van der Waals surface area contributed by atoms with Gasteiger partial charge in [0.25, 0.3) is 0 Å². The normalized spacial score (nSPS) is 14.2. The van der Waals surface area contributed by atoms with Gasteiger partial charge in [0.2, 0.25) is 11.8 Å². The Kier molecular flexibility index (Phi) is 5.60. The number of hydrogen-bond donors (Lipinski definition) is 2. The summed E-state index contributed by atoms with van der Waals surface area (Å²) >= 11 is 0. The molecular formula is C16H23N3O2. The van der Waals surface area contributed by atoms with Crippen molar-refractivity contribution in [2.24, 2.45) is 0 Å². The molecule has 0 unspecified atom stereocenters. The van der Waals surface area contributed by atoms with Gasteiger partial charge in [0, 0.05) is 38.2 Å². The van der Waals surface area contributed by atoms with Gasteiger partial charge in [-0.05, 0) is 37.0 Å². The Morgan fingerprint density at radius 1 is 1.10 bits per heavy atom. The largest absolute Gasteiger partial charge is 0.399 e. The SMILES string of the molecule is Nc1ccc(CCC(=O)NCCC(=O)N2CCCC2)cc1. The van der Waals surface area contributed by atoms with Crippen LogP contribution in [0.2, 0.25) is 0 Å². The summed E-state index contributed by atoms with van der Waals surface area (Å²) in [4.78, 5) is 25.4. The first-order chi connectivity index (χ1) is 10.1. The number of likely N-dealkylation sites (tertiary alicyclic amines) is 1. The zero-order valence-electron chi connectivity index (χ0n) is 12.3. The minimum absolute atomic E-state index is 0.0129. The van der Waals surface area contributed by atoms with Gasteiger partial charge < -0.3 is 16.0 Å². The summed E-state index contributed by atoms with van der Waals surface area (Å²) in [5.74, 6) is 0.132. The van der Waals surface area contributed by atoms with Gasteiger partial charge in [-0.3, -0.25) is 9.59 Å². The summed E-state index contributed by atoms with van der Waals surface area (Å²) in [6, 6.07) is 7.53. The Bertz CT molecular complexity index is 479. The number of nitrogens with zero attached hydrogens (tertiary/aromatic N) is 1. The van der Waals surface area contributed by atoms with E-state index in [1.165, 1.54) is 0 Å². The van der Waals surface area contributed by atoms with Crippen molar-refractivity contribution in [1.29, 1.82) is 0 Å². The number of aryl methyl sites for hydroxylation is 1. The molecule has 1 aromatic rings. The Morgan fingerprint density at radius 2 is 1.76 bits per heavy atom. The molecule has 21 heavy (non-hydrogen) atoms. The van der Waals surface area contributed by atoms with Crippen molar-refractivity contribution in [1.82, 2.24) is 10.2 Å². The molecule has 0 saturated carbocycles. The number of rotatable bonds is 6. The standard InChI is InChI=1S/C16H23N3O2/c17-14-6-3-13(4-7-14)5-8-15(20)18-10-9-16(21)19-11-1-2-12-19/h3-4,6-7H,1-2,5,8-12,17H2,(H,18,20). The molecule has 0 bridgehead atoms. The molecule has 1 aliphatic heterocycles. The summed E-state index contributed by atoms with van der Waals surface area (Å²) < 4.78 is 0. The smallest absolute Gasteiger partial charge is 0.224 e. The number of nitrogen functional groups attached to an aromatic ring is 1. The van der Waals surface area contributed by atoms with Crippen LogP contribution in [0.25, 0.3) is 0 Å². The van der Waals surface area contributed by atoms with E-state index in [1.54, 1.807) is 0 Å². The van der Waals surface area contributed by atoms with Crippen LogP contribution in [0.3, 0.4) is 0 Å². The maximum Gasteiger partial charge on any atom is 0.224 e. The van der Waals surface area contributed by atoms with E-state index in [2.05, 4.69) is 5.32 Å². The Balaban J connectivity index is 1.61. The maximum atomic E-state index is 11.8. The Labute approximate surface area is 125 Å². The van der Waals surface area contributed by atoms with Gasteiger partial charge in [-0.1, -0.05) is 12.1 Å². The molecular weight excluding hydrogens is 266 g/mol. The number of carbonyl (C=O) groups is 2. The zero-order valence-corrected chi connectivity index (χ0v) is 12.3. The molecule has 2 amide bonds. The number of amides is 2. The van der Waals surface area contributed by atoms with Crippen LogP contribution in [-0.2, 0) is 16.0 Å². The van der Waals surface area contributed by atoms with Crippen LogP contribution < -0.4 is 11.1 Å². The van der Waals surface area contributed by atoms with Crippen molar-refractivity contribution < 1.29 is 9.59 Å². The number of nitrogens with one attached hydrogen (secondary N) is 1. The number of benzene rings is 1. The topological polar surface area (TPSA) is 75.4 Å². The number of nitrogens with two attached hydrogens (primary N) is 1. The molecule has 1 saturated heterocycles. The van der Waals surface area contributed by atoms with E-state index < -0.39 is 0 Å². The Morgan fingerprint density at radius 3 is 2.43 bits per heavy atom. The number of carbonyl (C=O) groups excluding carboxylic acids is 2. The average Bonchev–Trinajstić information content (AvgIpc) is 3.01. The van der Waals surface area contributed by atoms with Crippen LogP contribution in [0.15, 0.2) is 24.3 Å². The minimum atomic E-state index is -0.0129. The van der Waals surface area contributed by atoms with E-state index >= 15 is 0 Å². The van der Waals surface area contributed by atoms with Crippen molar-refractivity contribution in [2.45, 2.75) is 32.1 Å². The van der Waals surface area contributed by atoms with Crippen LogP contribution >= 0.6 is 0 Å². The molecule has 0 aromatic heterocycles. The lowest BCUT2D eigenvalue weighted by Gasteiger charge is -2.15. The summed E-state index contributed by atoms with van der Waals surface area (Å²) in [5.41, 5.74) is 7.43. The van der Waals surface area contributed by atoms with Gasteiger partial charge in [0.15, 0.2) is 0 Å². The predicted octanol–water partition coefficient (Wildman–Crippen LogP) is 1.33. The van der Waals surface area contributed by atoms with Crippen molar-refractivity contribution in [2.75, 3.05) is 25.4 Å². The van der Waals surface area contributed by atoms with Crippen LogP contribution in [0.1, 0.15) is 31.2 Å². The third kappa shape index (κ3) is 5.10. The first-order valence-corrected chi connectivity index (χ1v) is 7.54. The number of hydrogen-bond acceptors (Lipinski definition) is 3. The fraction of sp³-hybridized carbons (Fsp3) is 0.500. The summed E-state index contributed by atoms with van der Waals surface area (Å²) in [6.07, 6.45) is 3.71. The molecule has 5 heteroatoms. The number of anilines is 1. The minimum Gasteiger partial charge on any atom is -0.399 e. The predicted molar refractivity (Wildman–Crippen MR) is 82.6 cm³/mol. The molecule has 3 N–H and O–H groups in total. The Hall–Kier alpha value is -2.04. The van der Waals surface area contributed by atoms with Crippen molar-refractivity contribution in [3.8, 4) is 0 Å². The van der Waals surface area contributed by atoms with Crippen LogP contribution in [-0.4, -0.2) is 36.3 Å². The first kappa shape index (κ1) is 15.4. The fourth-order valence-electron chi connectivity index (χ4n) is 2.46. The third-order valence-corrected chi connectivity index (χ3v) is 3.74. The monoisotopic (exact) mass is 289 g/mol. The van der Waals surface area contributed by atoms with Crippen LogP contribution in [0.4, 0.5) is 5.69 Å². The second-order valence-corrected chi connectivity index (χ2v) is 5.43. The summed E-state index contributed by atoms with van der Waals surface area (Å²) in [7, 11) is 0. The molecule has 1 aliphatic rings. The fourth-order valence-corrected chi connectivity index (χ4v) is 2.46. The zero-order chi connectivity index (χ0) is 15.1. The van der Waals surface area contributed by atoms with Gasteiger partial charge in [-0.15, -0.1) is 0 Å². The quantitative estimate of drug-likeness (QED) is 0.776. The van der Waals surface area contributed by atoms with Gasteiger partial charge in [0.05, 0.1) is 0 Å². The second-order valence-electron chi connectivity index (χ2n) is 5.43. The molecule has 5 nitrogen and oxygen atoms in total. The van der Waals surface area contributed by atoms with Gasteiger partial charge in [-0.2, -0.15) is 0 Å². The lowest BCUT2D eigenvalue weighted by molar-refractivity contribution is -0.130. The lowest BCUT2D eigenvalue weighted by atomic mass is 10.1. The van der Waals surface area contributed by atoms with Crippen molar-refractivity contribution >= 4 is 17.5 Å². The van der Waals surface area contributed by atoms with E-state index in [9.17, 15) is 9.59 Å². The van der Waals surface area contributed by atoms with Gasteiger partial charge in [0.1, 0.15) is 0 Å². The van der Waals surface area contributed by atoms with Crippen molar-refractivity contribution in [3.63, 3.8) is 0 Å². The first-order valence-electron chi connectivity index (χ1n) is 7.54. The summed E-state index contributed by atoms with van der Waals surface area (Å²) in [5, 5.41) is 2.81. The van der Waals surface area contributed by atoms with E-state index in [-0.39, 0.29) is 11.8 Å². The molecule has 0 spiro atoms. The molecule has 2 rings (SSSR count). The molecule has 0 aliphatic carbocycles. The molecule has 1 fully saturated rings. The van der Waals surface area contributed by atoms with E-state index in [0.29, 0.717) is 25.8 Å². The van der Waals surface area contributed by atoms with E-state index in [0.717, 1.165) is 37.2 Å². The summed E-state index contributed by atoms with van der Waals surface area (Å²) in [6.45, 7) is 2.16. The molecule has 1 aromatic carbocycles. The van der Waals surface area contributed by atoms with Gasteiger partial charge >= 0.3 is 0 Å². The third-order valence-electron chi connectivity index (χ3n) is 3.74. The van der Waals surface area contributed by atoms with Crippen LogP contribution in [0, 0.1) is 0 Å². The average molecular weight is 289 g/mol. The highest BCUT2D eigenvalue weighted by molar-refractivity contribution is 5.79. The van der Waals surface area contributed by atoms with E-state index in [4.69, 9.17) is 5.73 Å². The highest BCUT2D eigenvalue weighted by Crippen LogP contribution is 2.09. The van der Waals surface area contributed by atoms with E-state index in [1.807, 2.05) is 29.2 Å². The molecule has 0 radical (unpaired) electrons. The second kappa shape index (κ2) is 7.67. The highest BCUT2D eigenvalue weighted by Gasteiger charge is 2.17.